The molecule has 7 atom stereocenters. The molecule has 41 heavy (non-hydrogen) atoms. The highest BCUT2D eigenvalue weighted by molar-refractivity contribution is 9.09. The summed E-state index contributed by atoms with van der Waals surface area (Å²) in [7, 11) is 0. The van der Waals surface area contributed by atoms with Crippen LogP contribution in [-0.2, 0) is 14.4 Å². The molecule has 10 heteroatoms. The quantitative estimate of drug-likeness (QED) is 0.232. The normalized spacial score (nSPS) is 28.8. The van der Waals surface area contributed by atoms with Crippen LogP contribution in [0.3, 0.4) is 0 Å². The average Bonchev–Trinajstić information content (AvgIpc) is 3.57. The van der Waals surface area contributed by atoms with E-state index in [0.29, 0.717) is 31.0 Å². The molecule has 0 aromatic heterocycles. The van der Waals surface area contributed by atoms with E-state index in [-0.39, 0.29) is 34.4 Å². The van der Waals surface area contributed by atoms with Gasteiger partial charge in [-0.2, -0.15) is 0 Å². The smallest absolute Gasteiger partial charge is 0.244 e. The van der Waals surface area contributed by atoms with Crippen LogP contribution in [0, 0.1) is 11.8 Å². The van der Waals surface area contributed by atoms with Gasteiger partial charge in [0, 0.05) is 22.3 Å². The number of amides is 3. The monoisotopic (exact) mass is 643 g/mol. The minimum Gasteiger partial charge on any atom is -0.494 e. The van der Waals surface area contributed by atoms with Crippen LogP contribution in [0.5, 0.6) is 5.75 Å². The van der Waals surface area contributed by atoms with Crippen LogP contribution in [0.15, 0.2) is 54.6 Å². The summed E-state index contributed by atoms with van der Waals surface area (Å²) in [5.74, 6) is -1.30. The Morgan fingerprint density at radius 2 is 1.85 bits per heavy atom. The zero-order chi connectivity index (χ0) is 29.1. The molecule has 3 fully saturated rings. The Morgan fingerprint density at radius 1 is 1.12 bits per heavy atom. The van der Waals surface area contributed by atoms with E-state index in [1.54, 1.807) is 40.9 Å². The maximum Gasteiger partial charge on any atom is 0.244 e. The molecule has 2 bridgehead atoms. The number of hydrogen-bond donors (Lipinski definition) is 3. The van der Waals surface area contributed by atoms with E-state index < -0.39 is 28.7 Å². The number of carbonyl (C=O) groups is 3. The van der Waals surface area contributed by atoms with Crippen LogP contribution in [0.1, 0.15) is 51.1 Å². The van der Waals surface area contributed by atoms with Crippen LogP contribution in [0.4, 0.5) is 5.69 Å². The second-order valence-corrected chi connectivity index (χ2v) is 13.7. The third kappa shape index (κ3) is 5.50. The molecule has 0 aliphatic carbocycles. The van der Waals surface area contributed by atoms with E-state index in [9.17, 15) is 19.5 Å². The number of likely N-dealkylation sites (tertiary alicyclic amines) is 1. The van der Waals surface area contributed by atoms with E-state index in [1.807, 2.05) is 37.3 Å². The number of benzene rings is 2. The molecule has 0 saturated carbocycles. The number of halogens is 1. The van der Waals surface area contributed by atoms with Crippen molar-refractivity contribution in [2.75, 3.05) is 25.1 Å². The number of rotatable bonds is 12. The van der Waals surface area contributed by atoms with Crippen molar-refractivity contribution in [3.05, 3.63) is 60.2 Å². The standard InChI is InChI=1S/C31H38BrN3O5S/c1-3-5-9-16-33-29(38)27-31-17-22(32)26(41-31)24(28(37)34-20-12-14-21(15-13-20)40-4-2)25(31)30(39)35(27)23(18-36)19-10-7-6-8-11-19/h6-8,10-15,22-27,36H,3-5,9,16-18H2,1-2H3,(H,33,38)(H,34,37)/t22?,23-,24+,25+,26+,27?,31?/m1/s1. The molecule has 3 saturated heterocycles. The number of unbranched alkanes of at least 4 members (excludes halogenated alkanes) is 2. The van der Waals surface area contributed by atoms with Crippen molar-refractivity contribution in [3.63, 3.8) is 0 Å². The second-order valence-electron chi connectivity index (χ2n) is 11.0. The van der Waals surface area contributed by atoms with E-state index in [2.05, 4.69) is 33.5 Å². The molecule has 2 aromatic carbocycles. The van der Waals surface area contributed by atoms with Gasteiger partial charge in [-0.3, -0.25) is 14.4 Å². The molecule has 3 aliphatic heterocycles. The molecular weight excluding hydrogens is 606 g/mol. The number of aliphatic hydroxyl groups is 1. The summed E-state index contributed by atoms with van der Waals surface area (Å²) >= 11 is 5.40. The van der Waals surface area contributed by atoms with Crippen LogP contribution in [-0.4, -0.2) is 68.4 Å². The molecule has 8 nitrogen and oxygen atoms in total. The number of carbonyl (C=O) groups excluding carboxylic acids is 3. The first-order valence-electron chi connectivity index (χ1n) is 14.5. The Morgan fingerprint density at radius 3 is 2.51 bits per heavy atom. The maximum atomic E-state index is 14.4. The van der Waals surface area contributed by atoms with Crippen molar-refractivity contribution in [2.45, 2.75) is 66.4 Å². The minimum absolute atomic E-state index is 0.0349. The zero-order valence-electron chi connectivity index (χ0n) is 23.4. The van der Waals surface area contributed by atoms with Crippen LogP contribution < -0.4 is 15.4 Å². The molecule has 220 valence electrons. The Bertz CT molecular complexity index is 1250. The lowest BCUT2D eigenvalue weighted by Gasteiger charge is -2.37. The zero-order valence-corrected chi connectivity index (χ0v) is 25.8. The van der Waals surface area contributed by atoms with Gasteiger partial charge in [0.05, 0.1) is 35.8 Å². The van der Waals surface area contributed by atoms with Crippen molar-refractivity contribution in [3.8, 4) is 5.75 Å². The fourth-order valence-electron chi connectivity index (χ4n) is 6.74. The van der Waals surface area contributed by atoms with Gasteiger partial charge in [-0.1, -0.05) is 66.0 Å². The van der Waals surface area contributed by atoms with Crippen molar-refractivity contribution in [2.24, 2.45) is 11.8 Å². The number of thioether (sulfide) groups is 1. The molecule has 3 heterocycles. The van der Waals surface area contributed by atoms with Gasteiger partial charge in [-0.25, -0.2) is 0 Å². The number of nitrogens with zero attached hydrogens (tertiary/aromatic N) is 1. The molecule has 3 N–H and O–H groups in total. The lowest BCUT2D eigenvalue weighted by molar-refractivity contribution is -0.142. The second kappa shape index (κ2) is 12.8. The van der Waals surface area contributed by atoms with Crippen LogP contribution in [0.2, 0.25) is 0 Å². The summed E-state index contributed by atoms with van der Waals surface area (Å²) in [5.41, 5.74) is 1.38. The molecule has 1 spiro atoms. The fourth-order valence-corrected chi connectivity index (χ4v) is 10.3. The van der Waals surface area contributed by atoms with Crippen molar-refractivity contribution in [1.29, 1.82) is 0 Å². The number of ether oxygens (including phenoxy) is 1. The number of alkyl halides is 1. The molecule has 5 rings (SSSR count). The maximum absolute atomic E-state index is 14.4. The largest absolute Gasteiger partial charge is 0.494 e. The van der Waals surface area contributed by atoms with Gasteiger partial charge in [0.25, 0.3) is 0 Å². The first-order valence-corrected chi connectivity index (χ1v) is 16.3. The molecule has 3 amide bonds. The number of anilines is 1. The summed E-state index contributed by atoms with van der Waals surface area (Å²) in [4.78, 5) is 43.8. The van der Waals surface area contributed by atoms with Crippen molar-refractivity contribution in [1.82, 2.24) is 10.2 Å². The van der Waals surface area contributed by atoms with E-state index >= 15 is 0 Å². The predicted octanol–water partition coefficient (Wildman–Crippen LogP) is 4.53. The number of aliphatic hydroxyl groups excluding tert-OH is 1. The molecular formula is C31H38BrN3O5S. The number of fused-ring (bicyclic) bond motifs is 1. The number of nitrogens with one attached hydrogen (secondary N) is 2. The van der Waals surface area contributed by atoms with Gasteiger partial charge < -0.3 is 25.4 Å². The third-order valence-electron chi connectivity index (χ3n) is 8.48. The van der Waals surface area contributed by atoms with Gasteiger partial charge in [0.2, 0.25) is 17.7 Å². The van der Waals surface area contributed by atoms with Gasteiger partial charge in [0.15, 0.2) is 0 Å². The summed E-state index contributed by atoms with van der Waals surface area (Å²) in [6.45, 7) is 4.76. The third-order valence-corrected chi connectivity index (χ3v) is 11.7. The van der Waals surface area contributed by atoms with Gasteiger partial charge >= 0.3 is 0 Å². The van der Waals surface area contributed by atoms with Gasteiger partial charge in [-0.15, -0.1) is 11.8 Å². The summed E-state index contributed by atoms with van der Waals surface area (Å²) < 4.78 is 4.73. The van der Waals surface area contributed by atoms with E-state index in [1.165, 1.54) is 0 Å². The highest BCUT2D eigenvalue weighted by Gasteiger charge is 2.76. The van der Waals surface area contributed by atoms with E-state index in [0.717, 1.165) is 24.8 Å². The highest BCUT2D eigenvalue weighted by atomic mass is 79.9. The Kier molecular flexibility index (Phi) is 9.30. The number of hydrogen-bond acceptors (Lipinski definition) is 6. The van der Waals surface area contributed by atoms with Gasteiger partial charge in [-0.05, 0) is 49.6 Å². The summed E-state index contributed by atoms with van der Waals surface area (Å²) in [5, 5.41) is 16.5. The van der Waals surface area contributed by atoms with Crippen LogP contribution in [0.25, 0.3) is 0 Å². The minimum atomic E-state index is -0.808. The highest BCUT2D eigenvalue weighted by Crippen LogP contribution is 2.68. The van der Waals surface area contributed by atoms with Crippen molar-refractivity contribution >= 4 is 51.1 Å². The first kappa shape index (κ1) is 29.9. The molecule has 0 radical (unpaired) electrons. The van der Waals surface area contributed by atoms with Gasteiger partial charge in [0.1, 0.15) is 11.8 Å². The van der Waals surface area contributed by atoms with Crippen molar-refractivity contribution < 1.29 is 24.2 Å². The molecule has 2 aromatic rings. The summed E-state index contributed by atoms with van der Waals surface area (Å²) in [6.07, 6.45) is 3.47. The Labute approximate surface area is 254 Å². The summed E-state index contributed by atoms with van der Waals surface area (Å²) in [6, 6.07) is 15.0. The first-order chi connectivity index (χ1) is 19.9. The Hall–Kier alpha value is -2.56. The average molecular weight is 645 g/mol. The Balaban J connectivity index is 1.49. The van der Waals surface area contributed by atoms with E-state index in [4.69, 9.17) is 4.74 Å². The SMILES string of the molecule is CCCCCNC(=O)C1N([C@H](CO)c2ccccc2)C(=O)[C@@H]2[C@H](C(=O)Nc3ccc(OCC)cc3)[C@H]3SC12CC3Br. The lowest BCUT2D eigenvalue weighted by Crippen LogP contribution is -2.55. The topological polar surface area (TPSA) is 108 Å². The molecule has 3 unspecified atom stereocenters. The predicted molar refractivity (Wildman–Crippen MR) is 164 cm³/mol. The van der Waals surface area contributed by atoms with Crippen LogP contribution >= 0.6 is 27.7 Å². The fraction of sp³-hybridized carbons (Fsp3) is 0.516. The molecule has 3 aliphatic rings. The lowest BCUT2D eigenvalue weighted by atomic mass is 9.70.